The second-order valence-electron chi connectivity index (χ2n) is 5.05. The van der Waals surface area contributed by atoms with Crippen LogP contribution in [0, 0.1) is 5.92 Å². The minimum absolute atomic E-state index is 0.881. The van der Waals surface area contributed by atoms with Gasteiger partial charge in [0.2, 0.25) is 0 Å². The van der Waals surface area contributed by atoms with Crippen LogP contribution in [-0.4, -0.2) is 26.7 Å². The van der Waals surface area contributed by atoms with Crippen LogP contribution in [0.15, 0.2) is 24.3 Å². The maximum atomic E-state index is 3.44. The van der Waals surface area contributed by atoms with Gasteiger partial charge in [-0.15, -0.1) is 0 Å². The second-order valence-corrected chi connectivity index (χ2v) is 5.05. The Morgan fingerprint density at radius 1 is 1.35 bits per heavy atom. The predicted molar refractivity (Wildman–Crippen MR) is 74.7 cm³/mol. The first-order valence-electron chi connectivity index (χ1n) is 6.81. The zero-order valence-corrected chi connectivity index (χ0v) is 11.1. The molecule has 0 saturated carbocycles. The zero-order valence-electron chi connectivity index (χ0n) is 11.1. The van der Waals surface area contributed by atoms with Gasteiger partial charge in [-0.25, -0.2) is 0 Å². The number of anilines is 1. The summed E-state index contributed by atoms with van der Waals surface area (Å²) in [5.41, 5.74) is 2.86. The van der Waals surface area contributed by atoms with Crippen molar-refractivity contribution in [2.24, 2.45) is 5.92 Å². The fourth-order valence-corrected chi connectivity index (χ4v) is 2.64. The Bertz CT molecular complexity index is 343. The Hall–Kier alpha value is -1.02. The Morgan fingerprint density at radius 3 is 2.88 bits per heavy atom. The van der Waals surface area contributed by atoms with Crippen LogP contribution in [-0.2, 0) is 6.42 Å². The molecular weight excluding hydrogens is 208 g/mol. The lowest BCUT2D eigenvalue weighted by Gasteiger charge is -2.23. The van der Waals surface area contributed by atoms with Gasteiger partial charge in [-0.1, -0.05) is 25.1 Å². The summed E-state index contributed by atoms with van der Waals surface area (Å²) in [4.78, 5) is 2.41. The Morgan fingerprint density at radius 2 is 2.18 bits per heavy atom. The maximum absolute atomic E-state index is 3.44. The molecule has 1 aromatic rings. The van der Waals surface area contributed by atoms with E-state index >= 15 is 0 Å². The number of benzene rings is 1. The first-order valence-corrected chi connectivity index (χ1v) is 6.81. The molecule has 2 heteroatoms. The van der Waals surface area contributed by atoms with Crippen molar-refractivity contribution in [2.75, 3.05) is 31.6 Å². The van der Waals surface area contributed by atoms with E-state index in [0.717, 1.165) is 12.3 Å². The number of aryl methyl sites for hydroxylation is 1. The molecule has 94 valence electrons. The molecular formula is C15H24N2. The summed E-state index contributed by atoms with van der Waals surface area (Å²) in [5, 5.41) is 3.44. The molecule has 1 aromatic carbocycles. The summed E-state index contributed by atoms with van der Waals surface area (Å²) in [6, 6.07) is 8.76. The van der Waals surface area contributed by atoms with Crippen molar-refractivity contribution >= 4 is 5.69 Å². The predicted octanol–water partition coefficient (Wildman–Crippen LogP) is 2.68. The van der Waals surface area contributed by atoms with Gasteiger partial charge in [0.1, 0.15) is 0 Å². The van der Waals surface area contributed by atoms with Gasteiger partial charge in [-0.3, -0.25) is 0 Å². The van der Waals surface area contributed by atoms with Crippen LogP contribution in [0.2, 0.25) is 0 Å². The van der Waals surface area contributed by atoms with Gasteiger partial charge >= 0.3 is 0 Å². The highest BCUT2D eigenvalue weighted by atomic mass is 15.1. The van der Waals surface area contributed by atoms with Gasteiger partial charge in [0.05, 0.1) is 0 Å². The lowest BCUT2D eigenvalue weighted by Crippen LogP contribution is -2.22. The topological polar surface area (TPSA) is 15.3 Å². The summed E-state index contributed by atoms with van der Waals surface area (Å²) in [7, 11) is 2.22. The normalized spacial score (nSPS) is 19.5. The molecule has 1 N–H and O–H groups in total. The fraction of sp³-hybridized carbons (Fsp3) is 0.600. The van der Waals surface area contributed by atoms with Crippen molar-refractivity contribution in [3.05, 3.63) is 29.8 Å². The van der Waals surface area contributed by atoms with E-state index in [2.05, 4.69) is 48.5 Å². The average molecular weight is 232 g/mol. The lowest BCUT2D eigenvalue weighted by molar-refractivity contribution is 0.533. The van der Waals surface area contributed by atoms with E-state index in [4.69, 9.17) is 0 Å². The highest BCUT2D eigenvalue weighted by molar-refractivity contribution is 5.52. The minimum Gasteiger partial charge on any atom is -0.374 e. The second kappa shape index (κ2) is 6.06. The van der Waals surface area contributed by atoms with Crippen molar-refractivity contribution in [3.8, 4) is 0 Å². The molecule has 2 nitrogen and oxygen atoms in total. The van der Waals surface area contributed by atoms with Crippen molar-refractivity contribution < 1.29 is 0 Å². The zero-order chi connectivity index (χ0) is 12.1. The van der Waals surface area contributed by atoms with Crippen LogP contribution < -0.4 is 10.2 Å². The molecule has 0 radical (unpaired) electrons. The first kappa shape index (κ1) is 12.4. The van der Waals surface area contributed by atoms with Gasteiger partial charge in [-0.05, 0) is 49.9 Å². The van der Waals surface area contributed by atoms with Crippen molar-refractivity contribution in [3.63, 3.8) is 0 Å². The smallest absolute Gasteiger partial charge is 0.0396 e. The van der Waals surface area contributed by atoms with Gasteiger partial charge in [0, 0.05) is 19.3 Å². The summed E-state index contributed by atoms with van der Waals surface area (Å²) in [6.07, 6.45) is 3.77. The molecule has 0 aliphatic carbocycles. The molecule has 0 aromatic heterocycles. The Labute approximate surface area is 105 Å². The van der Waals surface area contributed by atoms with Crippen LogP contribution in [0.25, 0.3) is 0 Å². The van der Waals surface area contributed by atoms with Crippen LogP contribution in [0.4, 0.5) is 5.69 Å². The summed E-state index contributed by atoms with van der Waals surface area (Å²) < 4.78 is 0. The number of para-hydroxylation sites is 1. The number of hydrogen-bond donors (Lipinski definition) is 1. The van der Waals surface area contributed by atoms with E-state index in [0.29, 0.717) is 0 Å². The van der Waals surface area contributed by atoms with Gasteiger partial charge in [0.15, 0.2) is 0 Å². The SMILES string of the molecule is CCc1ccccc1N(C)CCC1CCNC1. The quantitative estimate of drug-likeness (QED) is 0.839. The third-order valence-corrected chi connectivity index (χ3v) is 3.82. The minimum atomic E-state index is 0.881. The van der Waals surface area contributed by atoms with E-state index < -0.39 is 0 Å². The van der Waals surface area contributed by atoms with Gasteiger partial charge in [0.25, 0.3) is 0 Å². The van der Waals surface area contributed by atoms with E-state index in [9.17, 15) is 0 Å². The third kappa shape index (κ3) is 3.22. The average Bonchev–Trinajstić information content (AvgIpc) is 2.89. The molecule has 0 bridgehead atoms. The van der Waals surface area contributed by atoms with E-state index in [1.54, 1.807) is 0 Å². The van der Waals surface area contributed by atoms with Crippen molar-refractivity contribution in [2.45, 2.75) is 26.2 Å². The number of nitrogens with zero attached hydrogens (tertiary/aromatic N) is 1. The molecule has 1 aliphatic rings. The summed E-state index contributed by atoms with van der Waals surface area (Å²) >= 11 is 0. The summed E-state index contributed by atoms with van der Waals surface area (Å²) in [6.45, 7) is 5.82. The molecule has 2 rings (SSSR count). The van der Waals surface area contributed by atoms with Crippen molar-refractivity contribution in [1.82, 2.24) is 5.32 Å². The molecule has 1 atom stereocenters. The molecule has 1 unspecified atom stereocenters. The van der Waals surface area contributed by atoms with Crippen LogP contribution in [0.3, 0.4) is 0 Å². The molecule has 1 aliphatic heterocycles. The fourth-order valence-electron chi connectivity index (χ4n) is 2.64. The van der Waals surface area contributed by atoms with E-state index in [1.165, 1.54) is 43.7 Å². The Balaban J connectivity index is 1.91. The Kier molecular flexibility index (Phi) is 4.43. The maximum Gasteiger partial charge on any atom is 0.0396 e. The number of nitrogens with one attached hydrogen (secondary N) is 1. The standard InChI is InChI=1S/C15H24N2/c1-3-14-6-4-5-7-15(14)17(2)11-9-13-8-10-16-12-13/h4-7,13,16H,3,8-12H2,1-2H3. The number of hydrogen-bond acceptors (Lipinski definition) is 2. The van der Waals surface area contributed by atoms with Crippen LogP contribution in [0.5, 0.6) is 0 Å². The first-order chi connectivity index (χ1) is 8.31. The lowest BCUT2D eigenvalue weighted by atomic mass is 10.0. The van der Waals surface area contributed by atoms with Gasteiger partial charge in [-0.2, -0.15) is 0 Å². The third-order valence-electron chi connectivity index (χ3n) is 3.82. The largest absolute Gasteiger partial charge is 0.374 e. The molecule has 1 fully saturated rings. The molecule has 1 heterocycles. The van der Waals surface area contributed by atoms with E-state index in [-0.39, 0.29) is 0 Å². The number of rotatable bonds is 5. The highest BCUT2D eigenvalue weighted by Gasteiger charge is 2.15. The van der Waals surface area contributed by atoms with Crippen LogP contribution in [0.1, 0.15) is 25.3 Å². The van der Waals surface area contributed by atoms with Gasteiger partial charge < -0.3 is 10.2 Å². The molecule has 1 saturated heterocycles. The highest BCUT2D eigenvalue weighted by Crippen LogP contribution is 2.21. The summed E-state index contributed by atoms with van der Waals surface area (Å²) in [5.74, 6) is 0.881. The monoisotopic (exact) mass is 232 g/mol. The van der Waals surface area contributed by atoms with Crippen molar-refractivity contribution in [1.29, 1.82) is 0 Å². The molecule has 0 spiro atoms. The molecule has 17 heavy (non-hydrogen) atoms. The van der Waals surface area contributed by atoms with Crippen LogP contribution >= 0.6 is 0 Å². The molecule has 0 amide bonds. The van der Waals surface area contributed by atoms with E-state index in [1.807, 2.05) is 0 Å².